The van der Waals surface area contributed by atoms with E-state index in [-0.39, 0.29) is 11.3 Å². The maximum atomic E-state index is 13.3. The number of amides is 1. The summed E-state index contributed by atoms with van der Waals surface area (Å²) >= 11 is 11.8. The second kappa shape index (κ2) is 11.5. The van der Waals surface area contributed by atoms with Crippen molar-refractivity contribution in [3.63, 3.8) is 0 Å². The third-order valence-electron chi connectivity index (χ3n) is 5.69. The summed E-state index contributed by atoms with van der Waals surface area (Å²) in [5.41, 5.74) is 6.27. The number of ether oxygens (including phenoxy) is 1. The summed E-state index contributed by atoms with van der Waals surface area (Å²) in [6, 6.07) is 27.4. The monoisotopic (exact) mass is 697 g/mol. The number of aromatic amines is 1. The molecule has 6 nitrogen and oxygen atoms in total. The van der Waals surface area contributed by atoms with Gasteiger partial charge in [-0.1, -0.05) is 70.0 Å². The van der Waals surface area contributed by atoms with Crippen LogP contribution in [0.5, 0.6) is 5.75 Å². The van der Waals surface area contributed by atoms with Crippen molar-refractivity contribution in [3.8, 4) is 16.9 Å². The first-order valence-electron chi connectivity index (χ1n) is 11.4. The van der Waals surface area contributed by atoms with Gasteiger partial charge in [-0.3, -0.25) is 4.79 Å². The van der Waals surface area contributed by atoms with Crippen molar-refractivity contribution in [3.05, 3.63) is 121 Å². The Balaban J connectivity index is 1.42. The van der Waals surface area contributed by atoms with E-state index in [9.17, 15) is 9.59 Å². The average Bonchev–Trinajstić information content (AvgIpc) is 3.29. The SMILES string of the molecule is O=C(Oc1ccc(Br)cc1C=NNC(=O)c1[nH]c2ccc(I)cc2c1-c1ccccc1)c1ccccc1Cl. The summed E-state index contributed by atoms with van der Waals surface area (Å²) in [6.07, 6.45) is 1.42. The lowest BCUT2D eigenvalue weighted by Crippen LogP contribution is -2.19. The van der Waals surface area contributed by atoms with Crippen LogP contribution in [0.15, 0.2) is 101 Å². The number of hydrogen-bond donors (Lipinski definition) is 2. The zero-order valence-corrected chi connectivity index (χ0v) is 24.0. The van der Waals surface area contributed by atoms with E-state index < -0.39 is 11.9 Å². The maximum absolute atomic E-state index is 13.3. The van der Waals surface area contributed by atoms with Crippen molar-refractivity contribution in [2.75, 3.05) is 0 Å². The summed E-state index contributed by atoms with van der Waals surface area (Å²) < 4.78 is 7.39. The van der Waals surface area contributed by atoms with Gasteiger partial charge in [0.05, 0.1) is 16.8 Å². The van der Waals surface area contributed by atoms with E-state index >= 15 is 0 Å². The smallest absolute Gasteiger partial charge is 0.345 e. The lowest BCUT2D eigenvalue weighted by Gasteiger charge is -2.09. The Morgan fingerprint density at radius 2 is 1.74 bits per heavy atom. The van der Waals surface area contributed by atoms with Gasteiger partial charge < -0.3 is 9.72 Å². The first-order chi connectivity index (χ1) is 18.4. The molecule has 1 aromatic heterocycles. The largest absolute Gasteiger partial charge is 0.422 e. The number of nitrogens with one attached hydrogen (secondary N) is 2. The lowest BCUT2D eigenvalue weighted by atomic mass is 10.0. The molecule has 1 heterocycles. The predicted molar refractivity (Wildman–Crippen MR) is 162 cm³/mol. The number of rotatable bonds is 6. The normalized spacial score (nSPS) is 11.1. The van der Waals surface area contributed by atoms with Gasteiger partial charge in [-0.15, -0.1) is 0 Å². The number of H-pyrrole nitrogens is 1. The Morgan fingerprint density at radius 1 is 0.974 bits per heavy atom. The molecule has 0 bridgehead atoms. The number of aromatic nitrogens is 1. The zero-order chi connectivity index (χ0) is 26.6. The molecule has 0 radical (unpaired) electrons. The molecule has 2 N–H and O–H groups in total. The Hall–Kier alpha value is -3.47. The van der Waals surface area contributed by atoms with Crippen LogP contribution in [0.4, 0.5) is 0 Å². The summed E-state index contributed by atoms with van der Waals surface area (Å²) in [5.74, 6) is -0.742. The van der Waals surface area contributed by atoms with Gasteiger partial charge in [0.1, 0.15) is 11.4 Å². The van der Waals surface area contributed by atoms with E-state index in [0.29, 0.717) is 16.3 Å². The average molecular weight is 699 g/mol. The Labute approximate surface area is 245 Å². The molecule has 0 fully saturated rings. The van der Waals surface area contributed by atoms with Gasteiger partial charge in [0, 0.05) is 30.1 Å². The van der Waals surface area contributed by atoms with Gasteiger partial charge in [-0.2, -0.15) is 5.10 Å². The fourth-order valence-electron chi connectivity index (χ4n) is 3.95. The van der Waals surface area contributed by atoms with E-state index in [4.69, 9.17) is 16.3 Å². The molecular weight excluding hydrogens is 681 g/mol. The standard InChI is InChI=1S/C29H18BrClIN3O3/c30-19-10-13-25(38-29(37)21-8-4-5-9-23(21)31)18(14-19)16-33-35-28(36)27-26(17-6-2-1-3-7-17)22-15-20(32)11-12-24(22)34-27/h1-16,34H,(H,35,36). The van der Waals surface area contributed by atoms with Gasteiger partial charge in [0.15, 0.2) is 0 Å². The molecule has 5 rings (SSSR count). The number of esters is 1. The zero-order valence-electron chi connectivity index (χ0n) is 19.5. The fourth-order valence-corrected chi connectivity index (χ4v) is 5.03. The van der Waals surface area contributed by atoms with E-state index in [0.717, 1.165) is 30.1 Å². The first kappa shape index (κ1) is 26.1. The van der Waals surface area contributed by atoms with Crippen LogP contribution in [0.3, 0.4) is 0 Å². The highest BCUT2D eigenvalue weighted by molar-refractivity contribution is 14.1. The number of fused-ring (bicyclic) bond motifs is 1. The third kappa shape index (κ3) is 5.67. The molecule has 0 aliphatic carbocycles. The minimum atomic E-state index is -0.600. The molecule has 4 aromatic carbocycles. The third-order valence-corrected chi connectivity index (χ3v) is 7.18. The van der Waals surface area contributed by atoms with Crippen LogP contribution in [-0.4, -0.2) is 23.1 Å². The van der Waals surface area contributed by atoms with Gasteiger partial charge in [-0.05, 0) is 76.7 Å². The molecule has 1 amide bonds. The highest BCUT2D eigenvalue weighted by Gasteiger charge is 2.19. The molecular formula is C29H18BrClIN3O3. The van der Waals surface area contributed by atoms with Crippen molar-refractivity contribution in [1.82, 2.24) is 10.4 Å². The minimum absolute atomic E-state index is 0.246. The first-order valence-corrected chi connectivity index (χ1v) is 13.6. The van der Waals surface area contributed by atoms with Crippen molar-refractivity contribution >= 4 is 79.1 Å². The van der Waals surface area contributed by atoms with Crippen LogP contribution in [0.1, 0.15) is 26.4 Å². The predicted octanol–water partition coefficient (Wildman–Crippen LogP) is 7.84. The molecule has 0 spiro atoms. The molecule has 5 aromatic rings. The number of carbonyl (C=O) groups is 2. The van der Waals surface area contributed by atoms with Crippen LogP contribution in [0.25, 0.3) is 22.0 Å². The van der Waals surface area contributed by atoms with Crippen LogP contribution in [0.2, 0.25) is 5.02 Å². The molecule has 0 unspecified atom stereocenters. The van der Waals surface area contributed by atoms with Gasteiger partial charge >= 0.3 is 5.97 Å². The molecule has 0 aliphatic heterocycles. The van der Waals surface area contributed by atoms with Crippen LogP contribution >= 0.6 is 50.1 Å². The highest BCUT2D eigenvalue weighted by atomic mass is 127. The van der Waals surface area contributed by atoms with Crippen LogP contribution < -0.4 is 10.2 Å². The molecule has 0 atom stereocenters. The Morgan fingerprint density at radius 3 is 2.53 bits per heavy atom. The molecule has 0 aliphatic rings. The second-order valence-electron chi connectivity index (χ2n) is 8.18. The van der Waals surface area contributed by atoms with Crippen LogP contribution in [0, 0.1) is 3.57 Å². The molecule has 188 valence electrons. The maximum Gasteiger partial charge on any atom is 0.345 e. The van der Waals surface area contributed by atoms with E-state index in [2.05, 4.69) is 54.0 Å². The summed E-state index contributed by atoms with van der Waals surface area (Å²) in [4.78, 5) is 29.2. The van der Waals surface area contributed by atoms with E-state index in [1.165, 1.54) is 6.21 Å². The van der Waals surface area contributed by atoms with Gasteiger partial charge in [0.2, 0.25) is 0 Å². The number of benzene rings is 4. The topological polar surface area (TPSA) is 83.5 Å². The molecule has 0 saturated carbocycles. The van der Waals surface area contributed by atoms with Crippen molar-refractivity contribution in [2.45, 2.75) is 0 Å². The van der Waals surface area contributed by atoms with Gasteiger partial charge in [-0.25, -0.2) is 10.2 Å². The molecule has 0 saturated heterocycles. The number of carbonyl (C=O) groups excluding carboxylic acids is 2. The van der Waals surface area contributed by atoms with Crippen molar-refractivity contribution < 1.29 is 14.3 Å². The Kier molecular flexibility index (Phi) is 7.92. The summed E-state index contributed by atoms with van der Waals surface area (Å²) in [5, 5.41) is 5.39. The Bertz CT molecular complexity index is 1700. The quantitative estimate of drug-likeness (QED) is 0.0624. The second-order valence-corrected chi connectivity index (χ2v) is 10.8. The van der Waals surface area contributed by atoms with Crippen molar-refractivity contribution in [2.24, 2.45) is 5.10 Å². The number of halogens is 3. The lowest BCUT2D eigenvalue weighted by molar-refractivity contribution is 0.0734. The molecule has 38 heavy (non-hydrogen) atoms. The van der Waals surface area contributed by atoms with Gasteiger partial charge in [0.25, 0.3) is 5.91 Å². The highest BCUT2D eigenvalue weighted by Crippen LogP contribution is 2.33. The van der Waals surface area contributed by atoms with E-state index in [1.54, 1.807) is 42.5 Å². The number of hydrogen-bond acceptors (Lipinski definition) is 4. The fraction of sp³-hybridized carbons (Fsp3) is 0. The minimum Gasteiger partial charge on any atom is -0.422 e. The van der Waals surface area contributed by atoms with Crippen LogP contribution in [-0.2, 0) is 0 Å². The molecule has 9 heteroatoms. The summed E-state index contributed by atoms with van der Waals surface area (Å²) in [6.45, 7) is 0. The van der Waals surface area contributed by atoms with Crippen molar-refractivity contribution in [1.29, 1.82) is 0 Å². The van der Waals surface area contributed by atoms with E-state index in [1.807, 2.05) is 48.5 Å². The number of nitrogens with zero attached hydrogens (tertiary/aromatic N) is 1. The summed E-state index contributed by atoms with van der Waals surface area (Å²) in [7, 11) is 0. The number of hydrazone groups is 1.